The van der Waals surface area contributed by atoms with E-state index in [0.717, 1.165) is 51.9 Å². The average Bonchev–Trinajstić information content (AvgIpc) is 3.23. The molecule has 0 aliphatic carbocycles. The third-order valence-corrected chi connectivity index (χ3v) is 8.36. The molecule has 3 fully saturated rings. The predicted molar refractivity (Wildman–Crippen MR) is 142 cm³/mol. The number of amides is 1. The zero-order valence-corrected chi connectivity index (χ0v) is 21.7. The van der Waals surface area contributed by atoms with Crippen molar-refractivity contribution in [3.63, 3.8) is 0 Å². The second-order valence-corrected chi connectivity index (χ2v) is 10.8. The summed E-state index contributed by atoms with van der Waals surface area (Å²) in [5.41, 5.74) is 3.70. The molecule has 3 aliphatic heterocycles. The molecular formula is C29H38N4O4. The Labute approximate surface area is 219 Å². The molecule has 5 rings (SSSR count). The molecule has 37 heavy (non-hydrogen) atoms. The van der Waals surface area contributed by atoms with Gasteiger partial charge in [-0.25, -0.2) is 4.79 Å². The zero-order valence-electron chi connectivity index (χ0n) is 21.7. The first-order valence-corrected chi connectivity index (χ1v) is 13.6. The summed E-state index contributed by atoms with van der Waals surface area (Å²) in [7, 11) is 0. The lowest BCUT2D eigenvalue weighted by Crippen LogP contribution is -2.51. The summed E-state index contributed by atoms with van der Waals surface area (Å²) < 4.78 is 6.04. The minimum atomic E-state index is -0.702. The number of aryl methyl sites for hydroxylation is 2. The highest BCUT2D eigenvalue weighted by molar-refractivity contribution is 5.71. The van der Waals surface area contributed by atoms with Gasteiger partial charge in [0.15, 0.2) is 0 Å². The number of carbonyl (C=O) groups is 2. The van der Waals surface area contributed by atoms with E-state index in [1.807, 2.05) is 29.4 Å². The molecule has 1 aromatic heterocycles. The molecule has 2 unspecified atom stereocenters. The van der Waals surface area contributed by atoms with Gasteiger partial charge in [0.25, 0.3) is 0 Å². The van der Waals surface area contributed by atoms with Gasteiger partial charge >= 0.3 is 12.1 Å². The highest BCUT2D eigenvalue weighted by Crippen LogP contribution is 2.32. The second kappa shape index (κ2) is 11.5. The van der Waals surface area contributed by atoms with E-state index in [1.54, 1.807) is 0 Å². The van der Waals surface area contributed by atoms with Gasteiger partial charge in [-0.05, 0) is 76.2 Å². The summed E-state index contributed by atoms with van der Waals surface area (Å²) in [6.07, 6.45) is 8.14. The number of aromatic nitrogens is 1. The maximum atomic E-state index is 13.3. The number of likely N-dealkylation sites (tertiary alicyclic amines) is 1. The smallest absolute Gasteiger partial charge is 0.410 e. The van der Waals surface area contributed by atoms with Gasteiger partial charge in [0, 0.05) is 43.8 Å². The molecule has 0 saturated carbocycles. The number of benzene rings is 1. The number of carboxylic acids is 1. The number of piperidine rings is 2. The lowest BCUT2D eigenvalue weighted by Gasteiger charge is -2.40. The molecule has 2 aromatic rings. The molecule has 198 valence electrons. The highest BCUT2D eigenvalue weighted by Gasteiger charge is 2.46. The SMILES string of the molecule is Cc1ccc(CCC2C(CN3CCC(C(=O)O)CC3)OC(=O)N2C2CCN(c3ccncc3)CC2)cc1. The second-order valence-electron chi connectivity index (χ2n) is 10.8. The van der Waals surface area contributed by atoms with Gasteiger partial charge in [-0.3, -0.25) is 19.6 Å². The molecule has 1 aromatic carbocycles. The Kier molecular flexibility index (Phi) is 7.93. The number of carbonyl (C=O) groups excluding carboxylic acids is 1. The lowest BCUT2D eigenvalue weighted by molar-refractivity contribution is -0.143. The van der Waals surface area contributed by atoms with Crippen molar-refractivity contribution in [1.29, 1.82) is 0 Å². The monoisotopic (exact) mass is 506 g/mol. The number of hydrogen-bond donors (Lipinski definition) is 1. The molecule has 0 spiro atoms. The first kappa shape index (κ1) is 25.5. The van der Waals surface area contributed by atoms with E-state index in [9.17, 15) is 14.7 Å². The van der Waals surface area contributed by atoms with Crippen molar-refractivity contribution in [3.8, 4) is 0 Å². The number of cyclic esters (lactones) is 1. The maximum Gasteiger partial charge on any atom is 0.410 e. The normalized spacial score (nSPS) is 23.9. The van der Waals surface area contributed by atoms with Crippen LogP contribution in [0, 0.1) is 12.8 Å². The Hall–Kier alpha value is -3.13. The average molecular weight is 507 g/mol. The van der Waals surface area contributed by atoms with Crippen molar-refractivity contribution in [2.45, 2.75) is 63.6 Å². The van der Waals surface area contributed by atoms with Gasteiger partial charge in [-0.15, -0.1) is 0 Å². The van der Waals surface area contributed by atoms with E-state index in [0.29, 0.717) is 19.4 Å². The van der Waals surface area contributed by atoms with Crippen LogP contribution in [0.1, 0.15) is 43.2 Å². The number of anilines is 1. The van der Waals surface area contributed by atoms with Gasteiger partial charge in [-0.2, -0.15) is 0 Å². The number of carboxylic acid groups (broad SMARTS) is 1. The Morgan fingerprint density at radius 2 is 1.68 bits per heavy atom. The summed E-state index contributed by atoms with van der Waals surface area (Å²) in [4.78, 5) is 35.5. The lowest BCUT2D eigenvalue weighted by atomic mass is 9.94. The molecule has 0 bridgehead atoms. The van der Waals surface area contributed by atoms with Crippen molar-refractivity contribution in [2.75, 3.05) is 37.6 Å². The minimum absolute atomic E-state index is 0.0171. The Bertz CT molecular complexity index is 1050. The van der Waals surface area contributed by atoms with Crippen molar-refractivity contribution in [3.05, 3.63) is 59.9 Å². The van der Waals surface area contributed by atoms with Crippen LogP contribution in [0.2, 0.25) is 0 Å². The van der Waals surface area contributed by atoms with E-state index in [-0.39, 0.29) is 30.2 Å². The fourth-order valence-corrected chi connectivity index (χ4v) is 6.13. The minimum Gasteiger partial charge on any atom is -0.481 e. The van der Waals surface area contributed by atoms with Crippen molar-refractivity contribution < 1.29 is 19.4 Å². The third kappa shape index (κ3) is 6.06. The van der Waals surface area contributed by atoms with E-state index in [4.69, 9.17) is 4.74 Å². The molecule has 3 aliphatic rings. The fourth-order valence-electron chi connectivity index (χ4n) is 6.13. The van der Waals surface area contributed by atoms with Crippen molar-refractivity contribution in [1.82, 2.24) is 14.8 Å². The van der Waals surface area contributed by atoms with Crippen LogP contribution >= 0.6 is 0 Å². The largest absolute Gasteiger partial charge is 0.481 e. The number of aliphatic carboxylic acids is 1. The van der Waals surface area contributed by atoms with E-state index in [2.05, 4.69) is 46.0 Å². The molecule has 2 atom stereocenters. The number of rotatable bonds is 8. The Balaban J connectivity index is 1.26. The van der Waals surface area contributed by atoms with Crippen molar-refractivity contribution >= 4 is 17.7 Å². The summed E-state index contributed by atoms with van der Waals surface area (Å²) in [5.74, 6) is -0.964. The number of hydrogen-bond acceptors (Lipinski definition) is 6. The van der Waals surface area contributed by atoms with Gasteiger partial charge in [0.05, 0.1) is 12.0 Å². The Morgan fingerprint density at radius 3 is 2.32 bits per heavy atom. The number of nitrogens with zero attached hydrogens (tertiary/aromatic N) is 4. The zero-order chi connectivity index (χ0) is 25.8. The summed E-state index contributed by atoms with van der Waals surface area (Å²) in [6.45, 7) is 6.03. The third-order valence-electron chi connectivity index (χ3n) is 8.36. The number of pyridine rings is 1. The van der Waals surface area contributed by atoms with Gasteiger partial charge in [0.1, 0.15) is 6.10 Å². The molecular weight excluding hydrogens is 468 g/mol. The van der Waals surface area contributed by atoms with Crippen LogP contribution in [-0.2, 0) is 16.0 Å². The summed E-state index contributed by atoms with van der Waals surface area (Å²) in [5, 5.41) is 9.35. The predicted octanol–water partition coefficient (Wildman–Crippen LogP) is 3.98. The standard InChI is InChI=1S/C29H38N4O4/c1-21-2-4-22(5-3-21)6-7-26-27(20-31-16-10-23(11-17-31)28(34)35)37-29(36)33(26)25-12-18-32(19-13-25)24-8-14-30-15-9-24/h2-5,8-9,14-15,23,25-27H,6-7,10-13,16-20H2,1H3,(H,34,35). The summed E-state index contributed by atoms with van der Waals surface area (Å²) in [6, 6.07) is 12.9. The highest BCUT2D eigenvalue weighted by atomic mass is 16.6. The molecule has 4 heterocycles. The molecule has 8 heteroatoms. The van der Waals surface area contributed by atoms with Crippen LogP contribution < -0.4 is 4.90 Å². The van der Waals surface area contributed by atoms with Crippen LogP contribution in [0.15, 0.2) is 48.8 Å². The van der Waals surface area contributed by atoms with Crippen LogP contribution in [-0.4, -0.2) is 82.9 Å². The van der Waals surface area contributed by atoms with Gasteiger partial charge in [0.2, 0.25) is 0 Å². The first-order valence-electron chi connectivity index (χ1n) is 13.6. The van der Waals surface area contributed by atoms with Gasteiger partial charge < -0.3 is 14.7 Å². The van der Waals surface area contributed by atoms with Gasteiger partial charge in [-0.1, -0.05) is 29.8 Å². The fraction of sp³-hybridized carbons (Fsp3) is 0.552. The molecule has 8 nitrogen and oxygen atoms in total. The van der Waals surface area contributed by atoms with Crippen LogP contribution in [0.3, 0.4) is 0 Å². The van der Waals surface area contributed by atoms with Crippen LogP contribution in [0.25, 0.3) is 0 Å². The molecule has 1 amide bonds. The molecule has 0 radical (unpaired) electrons. The van der Waals surface area contributed by atoms with Crippen LogP contribution in [0.5, 0.6) is 0 Å². The van der Waals surface area contributed by atoms with E-state index < -0.39 is 5.97 Å². The first-order chi connectivity index (χ1) is 18.0. The van der Waals surface area contributed by atoms with Crippen molar-refractivity contribution in [2.24, 2.45) is 5.92 Å². The van der Waals surface area contributed by atoms with Crippen LogP contribution in [0.4, 0.5) is 10.5 Å². The van der Waals surface area contributed by atoms with E-state index in [1.165, 1.54) is 16.8 Å². The quantitative estimate of drug-likeness (QED) is 0.580. The molecule has 3 saturated heterocycles. The maximum absolute atomic E-state index is 13.3. The van der Waals surface area contributed by atoms with E-state index >= 15 is 0 Å². The Morgan fingerprint density at radius 1 is 1.00 bits per heavy atom. The molecule has 1 N–H and O–H groups in total. The topological polar surface area (TPSA) is 86.2 Å². The number of ether oxygens (including phenoxy) is 1. The summed E-state index contributed by atoms with van der Waals surface area (Å²) >= 11 is 0.